The summed E-state index contributed by atoms with van der Waals surface area (Å²) in [5, 5.41) is 0.855. The van der Waals surface area contributed by atoms with Crippen molar-refractivity contribution in [2.24, 2.45) is 5.92 Å². The Hall–Kier alpha value is -3.28. The lowest BCUT2D eigenvalue weighted by Gasteiger charge is -2.25. The molecule has 0 aliphatic carbocycles. The molecule has 3 heterocycles. The lowest BCUT2D eigenvalue weighted by atomic mass is 9.92. The molecule has 1 aliphatic rings. The van der Waals surface area contributed by atoms with Crippen LogP contribution in [0.15, 0.2) is 48.5 Å². The Bertz CT molecular complexity index is 1110. The molecule has 2 unspecified atom stereocenters. The number of methoxy groups -OCH3 is 1. The van der Waals surface area contributed by atoms with Gasteiger partial charge in [-0.05, 0) is 36.2 Å². The second kappa shape index (κ2) is 8.22. The van der Waals surface area contributed by atoms with E-state index in [2.05, 4.69) is 16.9 Å². The molecular formula is C24H25N3O3. The summed E-state index contributed by atoms with van der Waals surface area (Å²) >= 11 is 0. The van der Waals surface area contributed by atoms with E-state index in [-0.39, 0.29) is 30.1 Å². The molecule has 6 nitrogen and oxygen atoms in total. The summed E-state index contributed by atoms with van der Waals surface area (Å²) in [6, 6.07) is 14.5. The van der Waals surface area contributed by atoms with Gasteiger partial charge in [-0.2, -0.15) is 4.98 Å². The maximum Gasteiger partial charge on any atom is 0.260 e. The molecule has 1 aliphatic heterocycles. The molecule has 1 amide bonds. The van der Waals surface area contributed by atoms with Crippen molar-refractivity contribution in [3.63, 3.8) is 0 Å². The van der Waals surface area contributed by atoms with E-state index >= 15 is 0 Å². The molecule has 154 valence electrons. The Morgan fingerprint density at radius 1 is 1.13 bits per heavy atom. The zero-order chi connectivity index (χ0) is 21.3. The summed E-state index contributed by atoms with van der Waals surface area (Å²) in [6.07, 6.45) is 2.07. The molecule has 4 rings (SSSR count). The smallest absolute Gasteiger partial charge is 0.260 e. The number of amides is 1. The fourth-order valence-corrected chi connectivity index (χ4v) is 4.06. The first-order chi connectivity index (χ1) is 14.5. The molecule has 3 aromatic rings. The Morgan fingerprint density at radius 3 is 2.67 bits per heavy atom. The highest BCUT2D eigenvalue weighted by molar-refractivity contribution is 6.11. The number of fused-ring (bicyclic) bond motifs is 2. The zero-order valence-electron chi connectivity index (χ0n) is 17.5. The highest BCUT2D eigenvalue weighted by Crippen LogP contribution is 2.39. The van der Waals surface area contributed by atoms with Crippen LogP contribution in [0.1, 0.15) is 55.1 Å². The fraction of sp³-hybridized carbons (Fsp3) is 0.333. The van der Waals surface area contributed by atoms with E-state index in [1.165, 1.54) is 0 Å². The van der Waals surface area contributed by atoms with E-state index in [4.69, 9.17) is 4.74 Å². The quantitative estimate of drug-likeness (QED) is 0.570. The third-order valence-corrected chi connectivity index (χ3v) is 5.71. The number of carbonyl (C=O) groups excluding carboxylic acids is 2. The number of hydrogen-bond donors (Lipinski definition) is 0. The number of anilines is 1. The van der Waals surface area contributed by atoms with Crippen LogP contribution in [0.5, 0.6) is 5.88 Å². The summed E-state index contributed by atoms with van der Waals surface area (Å²) in [6.45, 7) is 4.04. The van der Waals surface area contributed by atoms with E-state index in [0.29, 0.717) is 22.9 Å². The van der Waals surface area contributed by atoms with Gasteiger partial charge < -0.3 is 4.74 Å². The first-order valence-corrected chi connectivity index (χ1v) is 10.3. The summed E-state index contributed by atoms with van der Waals surface area (Å²) in [7, 11) is 1.55. The molecule has 1 aromatic carbocycles. The molecule has 2 aromatic heterocycles. The van der Waals surface area contributed by atoms with Crippen LogP contribution in [0.2, 0.25) is 0 Å². The number of ether oxygens (including phenoxy) is 1. The standard InChI is InChI=1S/C24H25N3O3/c1-4-7-15(2)20(28)14-19-17-8-5-6-9-18(17)24(29)27(19)21-12-10-16-11-13-22(30-3)26-23(16)25-21/h5-6,8-13,15,19H,4,7,14H2,1-3H3. The van der Waals surface area contributed by atoms with Gasteiger partial charge >= 0.3 is 0 Å². The minimum absolute atomic E-state index is 0.0322. The van der Waals surface area contributed by atoms with Crippen molar-refractivity contribution >= 4 is 28.5 Å². The van der Waals surface area contributed by atoms with Crippen LogP contribution in [0.4, 0.5) is 5.82 Å². The third-order valence-electron chi connectivity index (χ3n) is 5.71. The van der Waals surface area contributed by atoms with Gasteiger partial charge in [-0.3, -0.25) is 14.5 Å². The van der Waals surface area contributed by atoms with Crippen molar-refractivity contribution in [1.29, 1.82) is 0 Å². The SMILES string of the molecule is CCCC(C)C(=O)CC1c2ccccc2C(=O)N1c1ccc2ccc(OC)nc2n1. The average Bonchev–Trinajstić information content (AvgIpc) is 3.04. The first kappa shape index (κ1) is 20.0. The lowest BCUT2D eigenvalue weighted by molar-refractivity contribution is -0.122. The Balaban J connectivity index is 1.75. The van der Waals surface area contributed by atoms with Gasteiger partial charge in [0.15, 0.2) is 5.65 Å². The molecule has 0 radical (unpaired) electrons. The predicted octanol–water partition coefficient (Wildman–Crippen LogP) is 4.74. The van der Waals surface area contributed by atoms with Gasteiger partial charge in [0.1, 0.15) is 11.6 Å². The number of hydrogen-bond acceptors (Lipinski definition) is 5. The molecule has 30 heavy (non-hydrogen) atoms. The van der Waals surface area contributed by atoms with Crippen LogP contribution < -0.4 is 9.64 Å². The predicted molar refractivity (Wildman–Crippen MR) is 116 cm³/mol. The number of Topliss-reactive ketones (excluding diaryl/α,β-unsaturated/α-hetero) is 1. The molecule has 0 spiro atoms. The van der Waals surface area contributed by atoms with E-state index in [9.17, 15) is 9.59 Å². The molecule has 2 atom stereocenters. The summed E-state index contributed by atoms with van der Waals surface area (Å²) < 4.78 is 5.21. The number of rotatable bonds is 7. The molecule has 0 saturated carbocycles. The summed E-state index contributed by atoms with van der Waals surface area (Å²) in [4.78, 5) is 36.8. The number of carbonyl (C=O) groups is 2. The van der Waals surface area contributed by atoms with Crippen molar-refractivity contribution in [1.82, 2.24) is 9.97 Å². The zero-order valence-corrected chi connectivity index (χ0v) is 17.5. The fourth-order valence-electron chi connectivity index (χ4n) is 4.06. The van der Waals surface area contributed by atoms with Gasteiger partial charge in [-0.25, -0.2) is 4.98 Å². The Morgan fingerprint density at radius 2 is 1.90 bits per heavy atom. The molecule has 0 N–H and O–H groups in total. The van der Waals surface area contributed by atoms with Crippen LogP contribution >= 0.6 is 0 Å². The topological polar surface area (TPSA) is 72.4 Å². The second-order valence-electron chi connectivity index (χ2n) is 7.71. The van der Waals surface area contributed by atoms with Crippen LogP contribution in [0.25, 0.3) is 11.0 Å². The minimum atomic E-state index is -0.365. The van der Waals surface area contributed by atoms with Crippen molar-refractivity contribution in [2.45, 2.75) is 39.2 Å². The van der Waals surface area contributed by atoms with Gasteiger partial charge in [0.25, 0.3) is 5.91 Å². The number of benzene rings is 1. The molecule has 0 bridgehead atoms. The highest BCUT2D eigenvalue weighted by atomic mass is 16.5. The monoisotopic (exact) mass is 403 g/mol. The normalized spacial score (nSPS) is 16.6. The summed E-state index contributed by atoms with van der Waals surface area (Å²) in [5.41, 5.74) is 2.00. The van der Waals surface area contributed by atoms with Crippen molar-refractivity contribution in [3.05, 3.63) is 59.7 Å². The van der Waals surface area contributed by atoms with Crippen molar-refractivity contribution < 1.29 is 14.3 Å². The van der Waals surface area contributed by atoms with Gasteiger partial charge in [0.2, 0.25) is 5.88 Å². The van der Waals surface area contributed by atoms with Crippen LogP contribution in [0, 0.1) is 5.92 Å². The van der Waals surface area contributed by atoms with Crippen LogP contribution in [-0.2, 0) is 4.79 Å². The minimum Gasteiger partial charge on any atom is -0.481 e. The molecule has 0 saturated heterocycles. The lowest BCUT2D eigenvalue weighted by Crippen LogP contribution is -2.31. The van der Waals surface area contributed by atoms with Crippen molar-refractivity contribution in [2.75, 3.05) is 12.0 Å². The molecular weight excluding hydrogens is 378 g/mol. The Labute approximate surface area is 175 Å². The number of nitrogens with zero attached hydrogens (tertiary/aromatic N) is 3. The number of ketones is 1. The first-order valence-electron chi connectivity index (χ1n) is 10.3. The molecule has 0 fully saturated rings. The summed E-state index contributed by atoms with van der Waals surface area (Å²) in [5.74, 6) is 0.946. The largest absolute Gasteiger partial charge is 0.481 e. The van der Waals surface area contributed by atoms with Crippen LogP contribution in [0.3, 0.4) is 0 Å². The third kappa shape index (κ3) is 3.54. The van der Waals surface area contributed by atoms with Gasteiger partial charge in [-0.15, -0.1) is 0 Å². The second-order valence-corrected chi connectivity index (χ2v) is 7.71. The van der Waals surface area contributed by atoms with E-state index < -0.39 is 0 Å². The van der Waals surface area contributed by atoms with Gasteiger partial charge in [0.05, 0.1) is 13.2 Å². The average molecular weight is 403 g/mol. The highest BCUT2D eigenvalue weighted by Gasteiger charge is 2.39. The maximum absolute atomic E-state index is 13.3. The number of pyridine rings is 2. The van der Waals surface area contributed by atoms with E-state index in [0.717, 1.165) is 23.8 Å². The maximum atomic E-state index is 13.3. The Kier molecular flexibility index (Phi) is 5.48. The van der Waals surface area contributed by atoms with Gasteiger partial charge in [-0.1, -0.05) is 38.5 Å². The number of aromatic nitrogens is 2. The molecule has 6 heteroatoms. The van der Waals surface area contributed by atoms with Crippen molar-refractivity contribution in [3.8, 4) is 5.88 Å². The van der Waals surface area contributed by atoms with E-state index in [1.54, 1.807) is 18.1 Å². The van der Waals surface area contributed by atoms with Crippen LogP contribution in [-0.4, -0.2) is 28.8 Å². The van der Waals surface area contributed by atoms with E-state index in [1.807, 2.05) is 49.4 Å². The van der Waals surface area contributed by atoms with Gasteiger partial charge in [0, 0.05) is 29.4 Å².